The van der Waals surface area contributed by atoms with Crippen molar-refractivity contribution in [3.63, 3.8) is 0 Å². The van der Waals surface area contributed by atoms with Gasteiger partial charge < -0.3 is 23.7 Å². The third kappa shape index (κ3) is 9.28. The quantitative estimate of drug-likeness (QED) is 0.146. The van der Waals surface area contributed by atoms with E-state index in [1.165, 1.54) is 76.2 Å². The molecule has 462 valence electrons. The Morgan fingerprint density at radius 3 is 1.59 bits per heavy atom. The van der Waals surface area contributed by atoms with Crippen molar-refractivity contribution in [1.82, 2.24) is 0 Å². The lowest BCUT2D eigenvalue weighted by Crippen LogP contribution is -2.67. The highest BCUT2D eigenvalue weighted by Crippen LogP contribution is 2.78. The van der Waals surface area contributed by atoms with Crippen LogP contribution in [0.25, 0.3) is 6.08 Å². The van der Waals surface area contributed by atoms with Crippen LogP contribution in [0, 0.1) is 113 Å². The molecule has 11 rings (SSSR count). The van der Waals surface area contributed by atoms with Crippen molar-refractivity contribution in [3.05, 3.63) is 64.8 Å². The van der Waals surface area contributed by atoms with Gasteiger partial charge in [-0.25, -0.2) is 9.59 Å². The summed E-state index contributed by atoms with van der Waals surface area (Å²) in [5.41, 5.74) is 6.34. The van der Waals surface area contributed by atoms with Crippen molar-refractivity contribution in [2.45, 2.75) is 264 Å². The molecule has 0 aromatic heterocycles. The van der Waals surface area contributed by atoms with E-state index in [2.05, 4.69) is 140 Å². The molecule has 10 aliphatic carbocycles. The monoisotopic (exact) mass is 1140 g/mol. The number of carbonyl (C=O) groups excluding carboxylic acids is 2. The second-order valence-electron chi connectivity index (χ2n) is 35.1. The topological polar surface area (TPSA) is 80.3 Å². The molecule has 22 atom stereocenters. The summed E-state index contributed by atoms with van der Waals surface area (Å²) in [6.45, 7) is 44.1. The van der Waals surface area contributed by atoms with Gasteiger partial charge in [0.25, 0.3) is 0 Å². The maximum atomic E-state index is 14.2. The summed E-state index contributed by atoms with van der Waals surface area (Å²) in [5, 5.41) is 0. The normalized spacial score (nSPS) is 48.6. The molecule has 10 aliphatic rings. The number of esters is 1. The minimum atomic E-state index is -0.623. The number of hydrogen-bond donors (Lipinski definition) is 0. The molecule has 0 saturated heterocycles. The molecule has 0 amide bonds. The van der Waals surface area contributed by atoms with Gasteiger partial charge in [0, 0.05) is 31.1 Å². The summed E-state index contributed by atoms with van der Waals surface area (Å²) in [7, 11) is 3.66. The Hall–Kier alpha value is -2.90. The summed E-state index contributed by atoms with van der Waals surface area (Å²) < 4.78 is 31.5. The van der Waals surface area contributed by atoms with Crippen molar-refractivity contribution in [2.75, 3.05) is 14.2 Å². The fraction of sp³-hybridized carbons (Fsp3) is 0.816. The number of fused-ring (bicyclic) bond motifs is 14. The molecule has 0 radical (unpaired) electrons. The van der Waals surface area contributed by atoms with Crippen LogP contribution in [0.15, 0.2) is 53.6 Å². The Labute approximate surface area is 505 Å². The lowest BCUT2D eigenvalue weighted by molar-refractivity contribution is -0.242. The number of benzene rings is 1. The SMILES string of the molecule is COC1CC2(C)C(CCC3(C)C2CC=C2C4C(C)C(C)CCC4(C)CCC23C)C(C)(C)C1OC(=O)C=Cc1cccc(CC2CCC3(C)CCC4(C)C(=CCC5C6(C)CC(OC)C(OC(=O)OC(C)(C)C)C(C)(C)C6CCC54C)C3C2C)c1. The van der Waals surface area contributed by atoms with Crippen LogP contribution in [-0.2, 0) is 34.9 Å². The zero-order valence-electron chi connectivity index (χ0n) is 56.1. The molecule has 8 fully saturated rings. The summed E-state index contributed by atoms with van der Waals surface area (Å²) in [6.07, 6.45) is 27.9. The molecule has 7 heteroatoms. The Morgan fingerprint density at radius 2 is 1.08 bits per heavy atom. The van der Waals surface area contributed by atoms with E-state index < -0.39 is 11.8 Å². The average molecular weight is 1140 g/mol. The van der Waals surface area contributed by atoms with Crippen LogP contribution in [0.4, 0.5) is 4.79 Å². The number of carbonyl (C=O) groups is 2. The molecule has 0 spiro atoms. The average Bonchev–Trinajstić information content (AvgIpc) is 0.945. The van der Waals surface area contributed by atoms with Crippen LogP contribution in [0.1, 0.15) is 238 Å². The van der Waals surface area contributed by atoms with Gasteiger partial charge in [0.15, 0.2) is 0 Å². The van der Waals surface area contributed by atoms with Gasteiger partial charge in [0.05, 0.1) is 12.2 Å². The summed E-state index contributed by atoms with van der Waals surface area (Å²) >= 11 is 0. The second-order valence-corrected chi connectivity index (χ2v) is 35.1. The zero-order valence-corrected chi connectivity index (χ0v) is 56.1. The van der Waals surface area contributed by atoms with Gasteiger partial charge in [-0.05, 0) is 250 Å². The fourth-order valence-corrected chi connectivity index (χ4v) is 24.8. The van der Waals surface area contributed by atoms with Crippen molar-refractivity contribution >= 4 is 18.2 Å². The van der Waals surface area contributed by atoms with E-state index in [4.69, 9.17) is 23.7 Å². The molecular weight excluding hydrogens is 1020 g/mol. The predicted molar refractivity (Wildman–Crippen MR) is 336 cm³/mol. The minimum absolute atomic E-state index is 0.0220. The highest BCUT2D eigenvalue weighted by molar-refractivity contribution is 5.87. The van der Waals surface area contributed by atoms with E-state index in [-0.39, 0.29) is 73.7 Å². The highest BCUT2D eigenvalue weighted by atomic mass is 16.7. The molecule has 1 aromatic carbocycles. The Morgan fingerprint density at radius 1 is 0.590 bits per heavy atom. The molecule has 8 saturated carbocycles. The molecule has 0 N–H and O–H groups in total. The van der Waals surface area contributed by atoms with Crippen molar-refractivity contribution < 1.29 is 33.3 Å². The van der Waals surface area contributed by atoms with Gasteiger partial charge in [0.2, 0.25) is 0 Å². The standard InChI is InChI=1S/C76H116O7/c1-46-30-34-69(11)38-40-73(15)52(61(69)47(46)2)25-27-58-71(13)44-54(79-19)63(67(7,8)56(71)32-36-75(58,73)17)81-60(77)29-24-49-22-21-23-50(42-49)43-51-31-35-70(12)39-41-74(16)53(62(70)48(51)3)26-28-59-72(14)45-55(80-20)64(82-65(78)83-66(4,5)6)68(9,10)57(72)33-37-76(59,74)18/h21-26,29,42,46-48,51,54-59,61-64H,27-28,30-41,43-45H2,1-20H3. The van der Waals surface area contributed by atoms with Gasteiger partial charge in [0.1, 0.15) is 17.8 Å². The van der Waals surface area contributed by atoms with Crippen LogP contribution >= 0.6 is 0 Å². The molecule has 1 aromatic rings. The van der Waals surface area contributed by atoms with Gasteiger partial charge in [-0.1, -0.05) is 151 Å². The summed E-state index contributed by atoms with van der Waals surface area (Å²) in [5.74, 6) is 5.49. The van der Waals surface area contributed by atoms with Crippen LogP contribution < -0.4 is 0 Å². The van der Waals surface area contributed by atoms with E-state index >= 15 is 0 Å². The molecule has 83 heavy (non-hydrogen) atoms. The van der Waals surface area contributed by atoms with Crippen LogP contribution in [0.5, 0.6) is 0 Å². The number of allylic oxidation sites excluding steroid dienone is 4. The maximum absolute atomic E-state index is 14.2. The fourth-order valence-electron chi connectivity index (χ4n) is 24.8. The smallest absolute Gasteiger partial charge is 0.456 e. The lowest BCUT2D eigenvalue weighted by Gasteiger charge is -2.72. The van der Waals surface area contributed by atoms with E-state index in [0.29, 0.717) is 58.2 Å². The Kier molecular flexibility index (Phi) is 15.3. The molecule has 0 aliphatic heterocycles. The van der Waals surface area contributed by atoms with E-state index in [0.717, 1.165) is 55.9 Å². The maximum Gasteiger partial charge on any atom is 0.509 e. The van der Waals surface area contributed by atoms with Crippen molar-refractivity contribution in [3.8, 4) is 0 Å². The first-order valence-corrected chi connectivity index (χ1v) is 33.9. The van der Waals surface area contributed by atoms with Gasteiger partial charge in [-0.2, -0.15) is 0 Å². The number of hydrogen-bond acceptors (Lipinski definition) is 7. The Balaban J connectivity index is 0.771. The van der Waals surface area contributed by atoms with E-state index in [9.17, 15) is 9.59 Å². The predicted octanol–water partition coefficient (Wildman–Crippen LogP) is 19.1. The first kappa shape index (κ1) is 61.7. The summed E-state index contributed by atoms with van der Waals surface area (Å²) in [4.78, 5) is 27.5. The van der Waals surface area contributed by atoms with E-state index in [1.807, 2.05) is 39.5 Å². The third-order valence-corrected chi connectivity index (χ3v) is 29.6. The van der Waals surface area contributed by atoms with Crippen molar-refractivity contribution in [1.29, 1.82) is 0 Å². The molecule has 22 unspecified atom stereocenters. The molecule has 0 bridgehead atoms. The third-order valence-electron chi connectivity index (χ3n) is 29.6. The minimum Gasteiger partial charge on any atom is -0.456 e. The summed E-state index contributed by atoms with van der Waals surface area (Å²) in [6, 6.07) is 9.00. The first-order chi connectivity index (χ1) is 38.6. The van der Waals surface area contributed by atoms with Crippen LogP contribution in [-0.4, -0.2) is 56.4 Å². The van der Waals surface area contributed by atoms with Crippen molar-refractivity contribution in [2.24, 2.45) is 113 Å². The largest absolute Gasteiger partial charge is 0.509 e. The van der Waals surface area contributed by atoms with Crippen LogP contribution in [0.3, 0.4) is 0 Å². The number of ether oxygens (including phenoxy) is 5. The highest BCUT2D eigenvalue weighted by Gasteiger charge is 2.72. The number of rotatable bonds is 8. The zero-order chi connectivity index (χ0) is 60.3. The first-order valence-electron chi connectivity index (χ1n) is 33.9. The van der Waals surface area contributed by atoms with Gasteiger partial charge in [-0.3, -0.25) is 0 Å². The number of methoxy groups -OCH3 is 2. The van der Waals surface area contributed by atoms with Crippen LogP contribution in [0.2, 0.25) is 0 Å². The lowest BCUT2D eigenvalue weighted by atomic mass is 9.33. The molecule has 7 nitrogen and oxygen atoms in total. The molecule has 0 heterocycles. The van der Waals surface area contributed by atoms with Gasteiger partial charge in [-0.15, -0.1) is 0 Å². The molecular formula is C76H116O7. The van der Waals surface area contributed by atoms with Gasteiger partial charge >= 0.3 is 12.1 Å². The Bertz CT molecular complexity index is 2760. The van der Waals surface area contributed by atoms with E-state index in [1.54, 1.807) is 18.8 Å². The second kappa shape index (κ2) is 20.6.